The van der Waals surface area contributed by atoms with Crippen molar-refractivity contribution in [3.8, 4) is 6.07 Å². The van der Waals surface area contributed by atoms with Crippen LogP contribution in [0.4, 0.5) is 0 Å². The third kappa shape index (κ3) is 4.74. The number of amides is 1. The number of methoxy groups -OCH3 is 1. The highest BCUT2D eigenvalue weighted by atomic mass is 35.5. The number of nitrogens with one attached hydrogen (secondary N) is 1. The van der Waals surface area contributed by atoms with E-state index in [0.717, 1.165) is 0 Å². The zero-order valence-corrected chi connectivity index (χ0v) is 10.9. The van der Waals surface area contributed by atoms with Crippen molar-refractivity contribution in [2.75, 3.05) is 20.3 Å². The van der Waals surface area contributed by atoms with Gasteiger partial charge >= 0.3 is 0 Å². The molecule has 0 aliphatic carbocycles. The second kappa shape index (κ2) is 7.70. The van der Waals surface area contributed by atoms with Gasteiger partial charge in [0.1, 0.15) is 0 Å². The zero-order valence-electron chi connectivity index (χ0n) is 10.1. The van der Waals surface area contributed by atoms with Crippen LogP contribution in [-0.2, 0) is 4.74 Å². The van der Waals surface area contributed by atoms with Gasteiger partial charge in [0.15, 0.2) is 0 Å². The molecule has 0 saturated carbocycles. The third-order valence-corrected chi connectivity index (χ3v) is 2.71. The van der Waals surface area contributed by atoms with Crippen LogP contribution in [0.25, 0.3) is 0 Å². The first-order chi connectivity index (χ1) is 8.67. The summed E-state index contributed by atoms with van der Waals surface area (Å²) in [6, 6.07) is 8.49. The fourth-order valence-electron chi connectivity index (χ4n) is 1.40. The smallest absolute Gasteiger partial charge is 0.251 e. The predicted octanol–water partition coefficient (Wildman–Crippen LogP) is 1.93. The number of nitrogens with zero attached hydrogens (tertiary/aromatic N) is 1. The summed E-state index contributed by atoms with van der Waals surface area (Å²) >= 11 is 5.94. The number of carbonyl (C=O) groups is 1. The number of nitriles is 1. The highest BCUT2D eigenvalue weighted by Crippen LogP contribution is 2.04. The summed E-state index contributed by atoms with van der Waals surface area (Å²) in [5, 5.41) is 11.3. The van der Waals surface area contributed by atoms with Crippen LogP contribution in [0.3, 0.4) is 0 Å². The normalized spacial score (nSPS) is 11.6. The fraction of sp³-hybridized carbons (Fsp3) is 0.385. The molecule has 0 radical (unpaired) electrons. The quantitative estimate of drug-likeness (QED) is 0.801. The Balaban J connectivity index is 2.38. The number of halogens is 1. The van der Waals surface area contributed by atoms with Crippen LogP contribution >= 0.6 is 11.6 Å². The van der Waals surface area contributed by atoms with Crippen LogP contribution in [0.1, 0.15) is 22.3 Å². The molecule has 0 aliphatic heterocycles. The molecule has 1 atom stereocenters. The van der Waals surface area contributed by atoms with E-state index in [-0.39, 0.29) is 11.3 Å². The molecule has 0 bridgehead atoms. The first kappa shape index (κ1) is 14.5. The summed E-state index contributed by atoms with van der Waals surface area (Å²) in [4.78, 5) is 11.7. The first-order valence-electron chi connectivity index (χ1n) is 5.58. The van der Waals surface area contributed by atoms with Gasteiger partial charge in [0.05, 0.1) is 23.6 Å². The Morgan fingerprint density at radius 2 is 2.17 bits per heavy atom. The molecule has 0 fully saturated rings. The molecule has 96 valence electrons. The number of alkyl halides is 1. The number of hydrogen-bond donors (Lipinski definition) is 1. The lowest BCUT2D eigenvalue weighted by atomic mass is 10.1. The highest BCUT2D eigenvalue weighted by molar-refractivity contribution is 6.20. The Labute approximate surface area is 112 Å². The summed E-state index contributed by atoms with van der Waals surface area (Å²) in [7, 11) is 1.59. The van der Waals surface area contributed by atoms with Crippen molar-refractivity contribution in [1.29, 1.82) is 5.26 Å². The van der Waals surface area contributed by atoms with Gasteiger partial charge in [-0.1, -0.05) is 0 Å². The molecule has 0 saturated heterocycles. The van der Waals surface area contributed by atoms with Gasteiger partial charge in [-0.3, -0.25) is 4.79 Å². The second-order valence-electron chi connectivity index (χ2n) is 3.79. The summed E-state index contributed by atoms with van der Waals surface area (Å²) < 4.78 is 4.90. The van der Waals surface area contributed by atoms with E-state index in [2.05, 4.69) is 5.32 Å². The number of carbonyl (C=O) groups excluding carboxylic acids is 1. The average molecular weight is 267 g/mol. The van der Waals surface area contributed by atoms with E-state index in [1.807, 2.05) is 6.07 Å². The lowest BCUT2D eigenvalue weighted by Gasteiger charge is -2.09. The van der Waals surface area contributed by atoms with Gasteiger partial charge in [0.2, 0.25) is 0 Å². The monoisotopic (exact) mass is 266 g/mol. The molecule has 1 amide bonds. The topological polar surface area (TPSA) is 62.1 Å². The molecule has 5 heteroatoms. The van der Waals surface area contributed by atoms with Crippen molar-refractivity contribution in [1.82, 2.24) is 5.32 Å². The SMILES string of the molecule is COCC(Cl)CCNC(=O)c1ccc(C#N)cc1. The number of hydrogen-bond acceptors (Lipinski definition) is 3. The molecule has 1 aromatic carbocycles. The van der Waals surface area contributed by atoms with Crippen LogP contribution < -0.4 is 5.32 Å². The average Bonchev–Trinajstić information content (AvgIpc) is 2.39. The van der Waals surface area contributed by atoms with Gasteiger partial charge < -0.3 is 10.1 Å². The molecule has 0 aliphatic rings. The highest BCUT2D eigenvalue weighted by Gasteiger charge is 2.07. The maximum atomic E-state index is 11.7. The molecule has 0 aromatic heterocycles. The molecule has 1 N–H and O–H groups in total. The largest absolute Gasteiger partial charge is 0.383 e. The molecule has 1 unspecified atom stereocenters. The Kier molecular flexibility index (Phi) is 6.20. The van der Waals surface area contributed by atoms with Crippen molar-refractivity contribution in [2.24, 2.45) is 0 Å². The van der Waals surface area contributed by atoms with Crippen molar-refractivity contribution in [3.05, 3.63) is 35.4 Å². The van der Waals surface area contributed by atoms with Crippen LogP contribution in [0.15, 0.2) is 24.3 Å². The van der Waals surface area contributed by atoms with E-state index in [1.165, 1.54) is 0 Å². The maximum absolute atomic E-state index is 11.7. The van der Waals surface area contributed by atoms with Crippen LogP contribution in [-0.4, -0.2) is 31.5 Å². The number of benzene rings is 1. The fourth-order valence-corrected chi connectivity index (χ4v) is 1.64. The minimum absolute atomic E-state index is 0.101. The molecule has 1 rings (SSSR count). The minimum atomic E-state index is -0.166. The molecular weight excluding hydrogens is 252 g/mol. The molecule has 1 aromatic rings. The lowest BCUT2D eigenvalue weighted by molar-refractivity contribution is 0.0951. The van der Waals surface area contributed by atoms with E-state index in [1.54, 1.807) is 31.4 Å². The van der Waals surface area contributed by atoms with Crippen LogP contribution in [0.5, 0.6) is 0 Å². The third-order valence-electron chi connectivity index (χ3n) is 2.37. The van der Waals surface area contributed by atoms with Crippen LogP contribution in [0, 0.1) is 11.3 Å². The Morgan fingerprint density at radius 3 is 2.72 bits per heavy atom. The van der Waals surface area contributed by atoms with Gasteiger partial charge in [0, 0.05) is 19.2 Å². The van der Waals surface area contributed by atoms with Gasteiger partial charge in [-0.25, -0.2) is 0 Å². The van der Waals surface area contributed by atoms with Gasteiger partial charge in [-0.2, -0.15) is 5.26 Å². The maximum Gasteiger partial charge on any atom is 0.251 e. The number of ether oxygens (including phenoxy) is 1. The van der Waals surface area contributed by atoms with Gasteiger partial charge in [0.25, 0.3) is 5.91 Å². The Hall–Kier alpha value is -1.57. The summed E-state index contributed by atoms with van der Waals surface area (Å²) in [5.74, 6) is -0.166. The second-order valence-corrected chi connectivity index (χ2v) is 4.40. The van der Waals surface area contributed by atoms with E-state index >= 15 is 0 Å². The van der Waals surface area contributed by atoms with Crippen molar-refractivity contribution < 1.29 is 9.53 Å². The predicted molar refractivity (Wildman–Crippen MR) is 69.6 cm³/mol. The van der Waals surface area contributed by atoms with E-state index in [4.69, 9.17) is 21.6 Å². The standard InChI is InChI=1S/C13H15ClN2O2/c1-18-9-12(14)6-7-16-13(17)11-4-2-10(8-15)3-5-11/h2-5,12H,6-7,9H2,1H3,(H,16,17). The van der Waals surface area contributed by atoms with Crippen molar-refractivity contribution in [3.63, 3.8) is 0 Å². The van der Waals surface area contributed by atoms with Crippen molar-refractivity contribution >= 4 is 17.5 Å². The van der Waals surface area contributed by atoms with Crippen LogP contribution in [0.2, 0.25) is 0 Å². The molecular formula is C13H15ClN2O2. The summed E-state index contributed by atoms with van der Waals surface area (Å²) in [6.45, 7) is 0.963. The summed E-state index contributed by atoms with van der Waals surface area (Å²) in [6.07, 6.45) is 0.650. The van der Waals surface area contributed by atoms with E-state index in [0.29, 0.717) is 30.7 Å². The molecule has 4 nitrogen and oxygen atoms in total. The lowest BCUT2D eigenvalue weighted by Crippen LogP contribution is -2.27. The van der Waals surface area contributed by atoms with Gasteiger partial charge in [-0.15, -0.1) is 11.6 Å². The Morgan fingerprint density at radius 1 is 1.50 bits per heavy atom. The molecule has 18 heavy (non-hydrogen) atoms. The number of rotatable bonds is 6. The van der Waals surface area contributed by atoms with Gasteiger partial charge in [-0.05, 0) is 30.7 Å². The van der Waals surface area contributed by atoms with E-state index in [9.17, 15) is 4.79 Å². The van der Waals surface area contributed by atoms with E-state index < -0.39 is 0 Å². The minimum Gasteiger partial charge on any atom is -0.383 e. The van der Waals surface area contributed by atoms with Crippen molar-refractivity contribution in [2.45, 2.75) is 11.8 Å². The first-order valence-corrected chi connectivity index (χ1v) is 6.02. The Bertz CT molecular complexity index is 426. The molecule has 0 spiro atoms. The zero-order chi connectivity index (χ0) is 13.4. The summed E-state index contributed by atoms with van der Waals surface area (Å²) in [5.41, 5.74) is 1.07. The molecule has 0 heterocycles.